The quantitative estimate of drug-likeness (QED) is 0.435. The lowest BCUT2D eigenvalue weighted by molar-refractivity contribution is -0.849. The molecule has 0 fully saturated rings. The van der Waals surface area contributed by atoms with Crippen LogP contribution in [0.1, 0.15) is 11.3 Å². The van der Waals surface area contributed by atoms with Crippen LogP contribution in [-0.4, -0.2) is 49.6 Å². The SMILES string of the molecule is CNCc1cccc(-c2ccc(C=N[NH+](C)C3=CC(O)N(C)C(=O)N3)o2)c1. The lowest BCUT2D eigenvalue weighted by atomic mass is 10.1. The van der Waals surface area contributed by atoms with Crippen LogP contribution in [0, 0.1) is 0 Å². The normalized spacial score (nSPS) is 18.5. The summed E-state index contributed by atoms with van der Waals surface area (Å²) >= 11 is 0. The predicted molar refractivity (Wildman–Crippen MR) is 102 cm³/mol. The second-order valence-corrected chi connectivity index (χ2v) is 6.31. The Balaban J connectivity index is 1.71. The van der Waals surface area contributed by atoms with E-state index in [0.29, 0.717) is 16.6 Å². The number of carbonyl (C=O) groups is 1. The monoisotopic (exact) mass is 370 g/mol. The van der Waals surface area contributed by atoms with Crippen LogP contribution >= 0.6 is 0 Å². The Bertz CT molecular complexity index is 874. The summed E-state index contributed by atoms with van der Waals surface area (Å²) in [6.07, 6.45) is 2.15. The van der Waals surface area contributed by atoms with E-state index < -0.39 is 6.23 Å². The van der Waals surface area contributed by atoms with Crippen LogP contribution in [-0.2, 0) is 6.54 Å². The van der Waals surface area contributed by atoms with Gasteiger partial charge in [-0.2, -0.15) is 5.01 Å². The number of aliphatic hydroxyl groups is 1. The van der Waals surface area contributed by atoms with E-state index in [1.807, 2.05) is 31.3 Å². The summed E-state index contributed by atoms with van der Waals surface area (Å²) < 4.78 is 5.85. The van der Waals surface area contributed by atoms with Gasteiger partial charge in [0.2, 0.25) is 5.82 Å². The summed E-state index contributed by atoms with van der Waals surface area (Å²) in [7, 11) is 5.18. The van der Waals surface area contributed by atoms with Crippen molar-refractivity contribution in [2.75, 3.05) is 21.1 Å². The maximum atomic E-state index is 11.8. The molecule has 2 aromatic rings. The second-order valence-electron chi connectivity index (χ2n) is 6.31. The predicted octanol–water partition coefficient (Wildman–Crippen LogP) is 0.329. The van der Waals surface area contributed by atoms with E-state index in [0.717, 1.165) is 17.9 Å². The first kappa shape index (κ1) is 18.8. The number of rotatable bonds is 6. The van der Waals surface area contributed by atoms with Crippen molar-refractivity contribution in [3.05, 3.63) is 59.6 Å². The molecule has 1 aliphatic heterocycles. The zero-order valence-corrected chi connectivity index (χ0v) is 15.6. The molecule has 2 atom stereocenters. The number of amides is 2. The molecular formula is C19H24N5O3+. The van der Waals surface area contributed by atoms with Crippen LogP contribution in [0.15, 0.2) is 57.8 Å². The Hall–Kier alpha value is -2.94. The minimum atomic E-state index is -0.973. The van der Waals surface area contributed by atoms with Gasteiger partial charge in [-0.05, 0) is 30.8 Å². The van der Waals surface area contributed by atoms with Crippen molar-refractivity contribution in [3.8, 4) is 11.3 Å². The maximum Gasteiger partial charge on any atom is 0.327 e. The molecule has 0 saturated heterocycles. The fraction of sp³-hybridized carbons (Fsp3) is 0.263. The molecule has 0 radical (unpaired) electrons. The molecule has 4 N–H and O–H groups in total. The standard InChI is InChI=1S/C19H23N5O3/c1-20-11-13-5-4-6-14(9-13)16-8-7-15(27-16)12-21-24(3)17-10-18(25)23(2)19(26)22-17/h4-10,12,18,20,25H,11H2,1-3H3,(H,22,26)/p+1. The molecule has 0 saturated carbocycles. The number of nitrogens with one attached hydrogen (secondary N) is 3. The molecule has 8 heteroatoms. The molecule has 1 aromatic carbocycles. The number of hydrogen-bond acceptors (Lipinski definition) is 5. The Morgan fingerprint density at radius 1 is 1.41 bits per heavy atom. The zero-order chi connectivity index (χ0) is 19.4. The molecule has 27 heavy (non-hydrogen) atoms. The van der Waals surface area contributed by atoms with Gasteiger partial charge in [0.1, 0.15) is 12.0 Å². The van der Waals surface area contributed by atoms with E-state index >= 15 is 0 Å². The van der Waals surface area contributed by atoms with Gasteiger partial charge in [-0.25, -0.2) is 4.79 Å². The number of furan rings is 1. The number of benzene rings is 1. The topological polar surface area (TPSA) is 94.5 Å². The van der Waals surface area contributed by atoms with Crippen molar-refractivity contribution >= 4 is 12.2 Å². The summed E-state index contributed by atoms with van der Waals surface area (Å²) in [5, 5.41) is 20.6. The Labute approximate surface area is 157 Å². The third-order valence-corrected chi connectivity index (χ3v) is 4.27. The smallest absolute Gasteiger partial charge is 0.327 e. The van der Waals surface area contributed by atoms with E-state index in [9.17, 15) is 9.90 Å². The second kappa shape index (κ2) is 8.17. The number of quaternary nitrogens is 1. The van der Waals surface area contributed by atoms with Crippen LogP contribution in [0.2, 0.25) is 0 Å². The molecule has 142 valence electrons. The van der Waals surface area contributed by atoms with Gasteiger partial charge < -0.3 is 14.8 Å². The first-order chi connectivity index (χ1) is 13.0. The van der Waals surface area contributed by atoms with E-state index in [-0.39, 0.29) is 6.03 Å². The summed E-state index contributed by atoms with van der Waals surface area (Å²) in [6, 6.07) is 11.5. The third kappa shape index (κ3) is 4.43. The number of nitrogens with zero attached hydrogens (tertiary/aromatic N) is 2. The lowest BCUT2D eigenvalue weighted by Crippen LogP contribution is -3.04. The molecule has 0 aliphatic carbocycles. The molecular weight excluding hydrogens is 346 g/mol. The summed E-state index contributed by atoms with van der Waals surface area (Å²) in [5.41, 5.74) is 2.17. The van der Waals surface area contributed by atoms with Gasteiger partial charge in [-0.3, -0.25) is 10.2 Å². The van der Waals surface area contributed by atoms with Crippen molar-refractivity contribution in [2.24, 2.45) is 5.10 Å². The highest BCUT2D eigenvalue weighted by molar-refractivity contribution is 5.78. The average Bonchev–Trinajstić information content (AvgIpc) is 3.13. The van der Waals surface area contributed by atoms with Crippen LogP contribution in [0.4, 0.5) is 4.79 Å². The number of likely N-dealkylation sites (N-methyl/N-ethyl adjacent to an activating group) is 1. The largest absolute Gasteiger partial charge is 0.455 e. The fourth-order valence-electron chi connectivity index (χ4n) is 2.68. The summed E-state index contributed by atoms with van der Waals surface area (Å²) in [5.74, 6) is 1.84. The van der Waals surface area contributed by atoms with E-state index in [1.54, 1.807) is 13.3 Å². The molecule has 3 rings (SSSR count). The molecule has 1 aliphatic rings. The Morgan fingerprint density at radius 3 is 2.96 bits per heavy atom. The molecule has 0 bridgehead atoms. The fourth-order valence-corrected chi connectivity index (χ4v) is 2.68. The average molecular weight is 370 g/mol. The van der Waals surface area contributed by atoms with Crippen molar-refractivity contribution in [1.29, 1.82) is 0 Å². The number of aliphatic hydroxyl groups excluding tert-OH is 1. The molecule has 2 amide bonds. The highest BCUT2D eigenvalue weighted by atomic mass is 16.3. The van der Waals surface area contributed by atoms with E-state index in [1.165, 1.54) is 23.6 Å². The summed E-state index contributed by atoms with van der Waals surface area (Å²) in [4.78, 5) is 12.9. The maximum absolute atomic E-state index is 11.8. The minimum Gasteiger partial charge on any atom is -0.455 e. The van der Waals surface area contributed by atoms with Crippen molar-refractivity contribution in [2.45, 2.75) is 12.8 Å². The lowest BCUT2D eigenvalue weighted by Gasteiger charge is -2.27. The first-order valence-electron chi connectivity index (χ1n) is 8.63. The number of carbonyl (C=O) groups excluding carboxylic acids is 1. The molecule has 2 unspecified atom stereocenters. The number of hydrogen-bond donors (Lipinski definition) is 4. The first-order valence-corrected chi connectivity index (χ1v) is 8.63. The van der Waals surface area contributed by atoms with Gasteiger partial charge in [0.25, 0.3) is 0 Å². The highest BCUT2D eigenvalue weighted by Crippen LogP contribution is 2.22. The van der Waals surface area contributed by atoms with Crippen molar-refractivity contribution in [3.63, 3.8) is 0 Å². The molecule has 1 aromatic heterocycles. The van der Waals surface area contributed by atoms with Crippen LogP contribution in [0.25, 0.3) is 11.3 Å². The molecule has 2 heterocycles. The van der Waals surface area contributed by atoms with Crippen LogP contribution in [0.5, 0.6) is 0 Å². The zero-order valence-electron chi connectivity index (χ0n) is 15.6. The molecule has 0 spiro atoms. The van der Waals surface area contributed by atoms with E-state index in [2.05, 4.69) is 27.9 Å². The van der Waals surface area contributed by atoms with Crippen LogP contribution < -0.4 is 15.6 Å². The van der Waals surface area contributed by atoms with Gasteiger partial charge in [0.15, 0.2) is 12.0 Å². The van der Waals surface area contributed by atoms with E-state index in [4.69, 9.17) is 4.42 Å². The Kier molecular flexibility index (Phi) is 5.70. The van der Waals surface area contributed by atoms with Crippen LogP contribution in [0.3, 0.4) is 0 Å². The van der Waals surface area contributed by atoms with Crippen molar-refractivity contribution < 1.29 is 19.3 Å². The summed E-state index contributed by atoms with van der Waals surface area (Å²) in [6.45, 7) is 0.791. The minimum absolute atomic E-state index is 0.378. The van der Waals surface area contributed by atoms with Gasteiger partial charge in [0.05, 0.1) is 7.05 Å². The highest BCUT2D eigenvalue weighted by Gasteiger charge is 2.27. The molecule has 8 nitrogen and oxygen atoms in total. The van der Waals surface area contributed by atoms with Gasteiger partial charge in [-0.1, -0.05) is 23.3 Å². The third-order valence-electron chi connectivity index (χ3n) is 4.27. The van der Waals surface area contributed by atoms with Gasteiger partial charge >= 0.3 is 6.03 Å². The van der Waals surface area contributed by atoms with Crippen molar-refractivity contribution in [1.82, 2.24) is 15.5 Å². The van der Waals surface area contributed by atoms with Gasteiger partial charge in [-0.15, -0.1) is 0 Å². The van der Waals surface area contributed by atoms with Gasteiger partial charge in [0, 0.05) is 25.2 Å². The Morgan fingerprint density at radius 2 is 2.22 bits per heavy atom. The number of urea groups is 1.